The van der Waals surface area contributed by atoms with Crippen molar-refractivity contribution in [2.24, 2.45) is 0 Å². The number of pyridine rings is 1. The number of nitrogens with zero attached hydrogens (tertiary/aromatic N) is 2. The van der Waals surface area contributed by atoms with Crippen LogP contribution in [0.1, 0.15) is 23.2 Å². The van der Waals surface area contributed by atoms with Gasteiger partial charge in [-0.15, -0.1) is 0 Å². The van der Waals surface area contributed by atoms with Gasteiger partial charge in [0.25, 0.3) is 5.69 Å². The van der Waals surface area contributed by atoms with Crippen LogP contribution in [-0.2, 0) is 0 Å². The van der Waals surface area contributed by atoms with E-state index in [1.54, 1.807) is 0 Å². The van der Waals surface area contributed by atoms with E-state index < -0.39 is 10.9 Å². The summed E-state index contributed by atoms with van der Waals surface area (Å²) in [6.07, 6.45) is 3.32. The summed E-state index contributed by atoms with van der Waals surface area (Å²) < 4.78 is 0. The second-order valence-electron chi connectivity index (χ2n) is 4.17. The molecule has 102 valence electrons. The maximum Gasteiger partial charge on any atom is 0.339 e. The van der Waals surface area contributed by atoms with Gasteiger partial charge in [0.15, 0.2) is 0 Å². The van der Waals surface area contributed by atoms with E-state index in [2.05, 4.69) is 10.3 Å². The van der Waals surface area contributed by atoms with Crippen molar-refractivity contribution in [1.29, 1.82) is 0 Å². The van der Waals surface area contributed by atoms with Crippen LogP contribution in [0.25, 0.3) is 0 Å². The average molecular weight is 283 g/mol. The molecule has 2 N–H and O–H groups in total. The Morgan fingerprint density at radius 3 is 3.05 bits per heavy atom. The lowest BCUT2D eigenvalue weighted by Crippen LogP contribution is -2.17. The van der Waals surface area contributed by atoms with E-state index in [9.17, 15) is 14.9 Å². The van der Waals surface area contributed by atoms with E-state index in [0.717, 1.165) is 30.9 Å². The van der Waals surface area contributed by atoms with E-state index in [4.69, 9.17) is 5.11 Å². The van der Waals surface area contributed by atoms with E-state index in [0.29, 0.717) is 11.8 Å². The Hall–Kier alpha value is -1.83. The molecular weight excluding hydrogens is 270 g/mol. The zero-order valence-electron chi connectivity index (χ0n) is 10.0. The van der Waals surface area contributed by atoms with Gasteiger partial charge in [0.2, 0.25) is 0 Å². The van der Waals surface area contributed by atoms with Crippen LogP contribution < -0.4 is 5.32 Å². The summed E-state index contributed by atoms with van der Waals surface area (Å²) in [6, 6.07) is 1.03. The standard InChI is InChI=1S/C11H13N3O4S/c15-11(16)9-4-7(14(17)18)5-12-10(9)13-6-8-2-1-3-19-8/h4-5,8H,1-3,6H2,(H,12,13)(H,15,16). The summed E-state index contributed by atoms with van der Waals surface area (Å²) in [5, 5.41) is 23.1. The second kappa shape index (κ2) is 5.87. The Kier molecular flexibility index (Phi) is 4.20. The number of nitro groups is 1. The number of hydrogen-bond acceptors (Lipinski definition) is 6. The van der Waals surface area contributed by atoms with Gasteiger partial charge < -0.3 is 10.4 Å². The molecule has 1 aromatic rings. The summed E-state index contributed by atoms with van der Waals surface area (Å²) in [7, 11) is 0. The Balaban J connectivity index is 2.14. The zero-order chi connectivity index (χ0) is 13.8. The van der Waals surface area contributed by atoms with E-state index in [-0.39, 0.29) is 17.1 Å². The highest BCUT2D eigenvalue weighted by molar-refractivity contribution is 8.00. The predicted molar refractivity (Wildman–Crippen MR) is 71.8 cm³/mol. The van der Waals surface area contributed by atoms with Gasteiger partial charge in [0.05, 0.1) is 4.92 Å². The van der Waals surface area contributed by atoms with Crippen molar-refractivity contribution in [3.05, 3.63) is 27.9 Å². The molecule has 1 aliphatic heterocycles. The van der Waals surface area contributed by atoms with Crippen molar-refractivity contribution in [3.63, 3.8) is 0 Å². The van der Waals surface area contributed by atoms with Gasteiger partial charge in [0.1, 0.15) is 17.6 Å². The number of aromatic carboxylic acids is 1. The number of thioether (sulfide) groups is 1. The lowest BCUT2D eigenvalue weighted by Gasteiger charge is -2.12. The molecule has 1 saturated heterocycles. The number of carboxylic acid groups (broad SMARTS) is 1. The Morgan fingerprint density at radius 1 is 1.68 bits per heavy atom. The van der Waals surface area contributed by atoms with Crippen molar-refractivity contribution in [3.8, 4) is 0 Å². The molecule has 0 aliphatic carbocycles. The molecule has 2 heterocycles. The summed E-state index contributed by atoms with van der Waals surface area (Å²) in [6.45, 7) is 0.621. The van der Waals surface area contributed by atoms with Crippen LogP contribution in [0.4, 0.5) is 11.5 Å². The van der Waals surface area contributed by atoms with Gasteiger partial charge in [-0.3, -0.25) is 10.1 Å². The second-order valence-corrected chi connectivity index (χ2v) is 5.58. The summed E-state index contributed by atoms with van der Waals surface area (Å²) >= 11 is 1.84. The largest absolute Gasteiger partial charge is 0.478 e. The molecule has 1 aromatic heterocycles. The van der Waals surface area contributed by atoms with Gasteiger partial charge in [-0.25, -0.2) is 9.78 Å². The van der Waals surface area contributed by atoms with Crippen LogP contribution in [0, 0.1) is 10.1 Å². The first-order valence-electron chi connectivity index (χ1n) is 5.81. The summed E-state index contributed by atoms with van der Waals surface area (Å²) in [4.78, 5) is 24.9. The minimum Gasteiger partial charge on any atom is -0.478 e. The molecule has 0 radical (unpaired) electrons. The Morgan fingerprint density at radius 2 is 2.47 bits per heavy atom. The van der Waals surface area contributed by atoms with Crippen LogP contribution >= 0.6 is 11.8 Å². The highest BCUT2D eigenvalue weighted by atomic mass is 32.2. The smallest absolute Gasteiger partial charge is 0.339 e. The molecule has 7 nitrogen and oxygen atoms in total. The lowest BCUT2D eigenvalue weighted by molar-refractivity contribution is -0.385. The van der Waals surface area contributed by atoms with Crippen molar-refractivity contribution in [2.75, 3.05) is 17.6 Å². The van der Waals surface area contributed by atoms with Crippen LogP contribution in [0.3, 0.4) is 0 Å². The minimum absolute atomic E-state index is 0.169. The van der Waals surface area contributed by atoms with Gasteiger partial charge in [-0.1, -0.05) is 0 Å². The minimum atomic E-state index is -1.22. The van der Waals surface area contributed by atoms with Crippen molar-refractivity contribution in [1.82, 2.24) is 4.98 Å². The molecule has 1 atom stereocenters. The molecule has 0 amide bonds. The molecule has 0 spiro atoms. The zero-order valence-corrected chi connectivity index (χ0v) is 10.9. The molecular formula is C11H13N3O4S. The van der Waals surface area contributed by atoms with Crippen LogP contribution in [0.5, 0.6) is 0 Å². The fourth-order valence-corrected chi connectivity index (χ4v) is 3.07. The van der Waals surface area contributed by atoms with E-state index >= 15 is 0 Å². The first-order chi connectivity index (χ1) is 9.08. The molecule has 2 rings (SSSR count). The number of aromatic nitrogens is 1. The van der Waals surface area contributed by atoms with E-state index in [1.807, 2.05) is 11.8 Å². The molecule has 0 saturated carbocycles. The predicted octanol–water partition coefficient (Wildman–Crippen LogP) is 2.00. The monoisotopic (exact) mass is 283 g/mol. The first kappa shape index (κ1) is 13.6. The topological polar surface area (TPSA) is 105 Å². The van der Waals surface area contributed by atoms with Gasteiger partial charge in [-0.05, 0) is 18.6 Å². The SMILES string of the molecule is O=C(O)c1cc([N+](=O)[O-])cnc1NCC1CCCS1. The first-order valence-corrected chi connectivity index (χ1v) is 6.86. The third kappa shape index (κ3) is 3.34. The number of carbonyl (C=O) groups is 1. The number of nitrogens with one attached hydrogen (secondary N) is 1. The molecule has 0 aromatic carbocycles. The number of carboxylic acids is 1. The quantitative estimate of drug-likeness (QED) is 0.628. The molecule has 1 fully saturated rings. The fourth-order valence-electron chi connectivity index (χ4n) is 1.87. The highest BCUT2D eigenvalue weighted by Gasteiger charge is 2.20. The molecule has 1 aliphatic rings. The van der Waals surface area contributed by atoms with Gasteiger partial charge in [0, 0.05) is 17.9 Å². The fraction of sp³-hybridized carbons (Fsp3) is 0.455. The van der Waals surface area contributed by atoms with Crippen molar-refractivity contribution >= 4 is 29.2 Å². The van der Waals surface area contributed by atoms with Crippen LogP contribution in [-0.4, -0.2) is 38.5 Å². The highest BCUT2D eigenvalue weighted by Crippen LogP contribution is 2.27. The molecule has 1 unspecified atom stereocenters. The maximum atomic E-state index is 11.1. The third-order valence-electron chi connectivity index (χ3n) is 2.84. The molecule has 19 heavy (non-hydrogen) atoms. The number of anilines is 1. The van der Waals surface area contributed by atoms with Gasteiger partial charge in [-0.2, -0.15) is 11.8 Å². The number of hydrogen-bond donors (Lipinski definition) is 2. The van der Waals surface area contributed by atoms with Crippen molar-refractivity contribution < 1.29 is 14.8 Å². The average Bonchev–Trinajstić information content (AvgIpc) is 2.89. The lowest BCUT2D eigenvalue weighted by atomic mass is 10.2. The van der Waals surface area contributed by atoms with Crippen LogP contribution in [0.2, 0.25) is 0 Å². The van der Waals surface area contributed by atoms with Gasteiger partial charge >= 0.3 is 5.97 Å². The summed E-state index contributed by atoms with van der Waals surface area (Å²) in [5.41, 5.74) is -0.490. The Bertz CT molecular complexity index is 503. The summed E-state index contributed by atoms with van der Waals surface area (Å²) in [5.74, 6) is 0.0783. The van der Waals surface area contributed by atoms with E-state index in [1.165, 1.54) is 0 Å². The maximum absolute atomic E-state index is 11.1. The van der Waals surface area contributed by atoms with Crippen molar-refractivity contribution in [2.45, 2.75) is 18.1 Å². The molecule has 8 heteroatoms. The number of rotatable bonds is 5. The Labute approximate surface area is 113 Å². The molecule has 0 bridgehead atoms. The van der Waals surface area contributed by atoms with Crippen LogP contribution in [0.15, 0.2) is 12.3 Å². The normalized spacial score (nSPS) is 18.2. The third-order valence-corrected chi connectivity index (χ3v) is 4.23.